The summed E-state index contributed by atoms with van der Waals surface area (Å²) in [7, 11) is 0. The van der Waals surface area contributed by atoms with Gasteiger partial charge in [-0.05, 0) is 19.3 Å². The zero-order chi connectivity index (χ0) is 13.9. The minimum absolute atomic E-state index is 0.0382. The molecule has 2 fully saturated rings. The molecule has 1 aromatic heterocycles. The van der Waals surface area contributed by atoms with Gasteiger partial charge >= 0.3 is 0 Å². The largest absolute Gasteiger partial charge is 0.394 e. The van der Waals surface area contributed by atoms with Crippen LogP contribution in [0.4, 0.5) is 16.0 Å². The lowest BCUT2D eigenvalue weighted by atomic mass is 10.1. The van der Waals surface area contributed by atoms with Crippen molar-refractivity contribution in [3.05, 3.63) is 12.4 Å². The predicted octanol–water partition coefficient (Wildman–Crippen LogP) is 1.38. The Morgan fingerprint density at radius 2 is 1.95 bits per heavy atom. The number of aliphatic hydroxyl groups is 1. The van der Waals surface area contributed by atoms with Gasteiger partial charge in [-0.2, -0.15) is 0 Å². The molecule has 3 rings (SSSR count). The second-order valence-electron chi connectivity index (χ2n) is 5.60. The van der Waals surface area contributed by atoms with Crippen LogP contribution in [0.15, 0.2) is 12.4 Å². The summed E-state index contributed by atoms with van der Waals surface area (Å²) in [5, 5.41) is 9.37. The van der Waals surface area contributed by atoms with Gasteiger partial charge in [0.05, 0.1) is 19.2 Å². The molecule has 0 amide bonds. The first-order valence-electron chi connectivity index (χ1n) is 7.36. The molecule has 3 heterocycles. The van der Waals surface area contributed by atoms with Crippen LogP contribution in [-0.2, 0) is 0 Å². The van der Waals surface area contributed by atoms with Crippen molar-refractivity contribution in [2.75, 3.05) is 36.0 Å². The first-order valence-corrected chi connectivity index (χ1v) is 7.36. The number of halogens is 1. The average molecular weight is 280 g/mol. The minimum Gasteiger partial charge on any atom is -0.394 e. The van der Waals surface area contributed by atoms with E-state index < -0.39 is 6.17 Å². The van der Waals surface area contributed by atoms with E-state index in [-0.39, 0.29) is 12.6 Å². The van der Waals surface area contributed by atoms with E-state index in [2.05, 4.69) is 14.9 Å². The maximum atomic E-state index is 13.5. The van der Waals surface area contributed by atoms with Crippen LogP contribution in [0.25, 0.3) is 0 Å². The molecule has 1 N–H and O–H groups in total. The number of rotatable bonds is 3. The molecule has 0 radical (unpaired) electrons. The first-order chi connectivity index (χ1) is 9.78. The van der Waals surface area contributed by atoms with Crippen LogP contribution >= 0.6 is 0 Å². The fraction of sp³-hybridized carbons (Fsp3) is 0.714. The van der Waals surface area contributed by atoms with Gasteiger partial charge in [-0.25, -0.2) is 14.4 Å². The number of nitrogens with zero attached hydrogens (tertiary/aromatic N) is 4. The summed E-state index contributed by atoms with van der Waals surface area (Å²) < 4.78 is 13.5. The standard InChI is InChI=1S/C14H21FN4O/c15-11-6-12(9-20)19(8-11)14-7-13(16-10-17-14)18-4-2-1-3-5-18/h7,10-12,20H,1-6,8-9H2/t11-,12-/m0/s1. The second kappa shape index (κ2) is 5.91. The molecular weight excluding hydrogens is 259 g/mol. The van der Waals surface area contributed by atoms with E-state index in [1.54, 1.807) is 6.33 Å². The molecule has 0 bridgehead atoms. The molecule has 0 aromatic carbocycles. The third-order valence-corrected chi connectivity index (χ3v) is 4.19. The molecule has 2 atom stereocenters. The summed E-state index contributed by atoms with van der Waals surface area (Å²) in [5.74, 6) is 1.63. The van der Waals surface area contributed by atoms with Crippen molar-refractivity contribution in [3.63, 3.8) is 0 Å². The number of hydrogen-bond acceptors (Lipinski definition) is 5. The summed E-state index contributed by atoms with van der Waals surface area (Å²) in [6, 6.07) is 1.75. The fourth-order valence-corrected chi connectivity index (χ4v) is 3.10. The SMILES string of the molecule is OC[C@@H]1C[C@H](F)CN1c1cc(N2CCCCC2)ncn1. The van der Waals surface area contributed by atoms with Crippen molar-refractivity contribution in [1.29, 1.82) is 0 Å². The molecule has 1 aromatic rings. The van der Waals surface area contributed by atoms with Crippen LogP contribution < -0.4 is 9.80 Å². The zero-order valence-electron chi connectivity index (χ0n) is 11.6. The molecule has 0 saturated carbocycles. The zero-order valence-corrected chi connectivity index (χ0v) is 11.6. The summed E-state index contributed by atoms with van der Waals surface area (Å²) in [4.78, 5) is 12.7. The molecule has 20 heavy (non-hydrogen) atoms. The van der Waals surface area contributed by atoms with Gasteiger partial charge in [-0.3, -0.25) is 0 Å². The first kappa shape index (κ1) is 13.5. The Bertz CT molecular complexity index is 453. The van der Waals surface area contributed by atoms with E-state index in [1.165, 1.54) is 19.3 Å². The lowest BCUT2D eigenvalue weighted by Gasteiger charge is -2.29. The van der Waals surface area contributed by atoms with E-state index >= 15 is 0 Å². The Morgan fingerprint density at radius 1 is 1.20 bits per heavy atom. The highest BCUT2D eigenvalue weighted by atomic mass is 19.1. The summed E-state index contributed by atoms with van der Waals surface area (Å²) in [5.41, 5.74) is 0. The van der Waals surface area contributed by atoms with Crippen LogP contribution in [0.3, 0.4) is 0 Å². The third kappa shape index (κ3) is 2.70. The monoisotopic (exact) mass is 280 g/mol. The second-order valence-corrected chi connectivity index (χ2v) is 5.60. The maximum absolute atomic E-state index is 13.5. The van der Waals surface area contributed by atoms with Gasteiger partial charge in [0.1, 0.15) is 24.1 Å². The van der Waals surface area contributed by atoms with Gasteiger partial charge in [0, 0.05) is 25.6 Å². The quantitative estimate of drug-likeness (QED) is 0.906. The topological polar surface area (TPSA) is 52.5 Å². The van der Waals surface area contributed by atoms with Crippen LogP contribution in [0.1, 0.15) is 25.7 Å². The van der Waals surface area contributed by atoms with Crippen molar-refractivity contribution in [2.45, 2.75) is 37.9 Å². The third-order valence-electron chi connectivity index (χ3n) is 4.19. The van der Waals surface area contributed by atoms with Gasteiger partial charge in [0.15, 0.2) is 0 Å². The molecule has 0 spiro atoms. The highest BCUT2D eigenvalue weighted by Gasteiger charge is 2.32. The molecular formula is C14H21FN4O. The van der Waals surface area contributed by atoms with Crippen LogP contribution in [0.2, 0.25) is 0 Å². The lowest BCUT2D eigenvalue weighted by Crippen LogP contribution is -2.34. The predicted molar refractivity (Wildman–Crippen MR) is 75.8 cm³/mol. The van der Waals surface area contributed by atoms with Gasteiger partial charge < -0.3 is 14.9 Å². The Hall–Kier alpha value is -1.43. The van der Waals surface area contributed by atoms with E-state index in [4.69, 9.17) is 0 Å². The Morgan fingerprint density at radius 3 is 2.70 bits per heavy atom. The number of alkyl halides is 1. The Balaban J connectivity index is 1.79. The molecule has 110 valence electrons. The summed E-state index contributed by atoms with van der Waals surface area (Å²) in [6.45, 7) is 2.31. The minimum atomic E-state index is -0.888. The van der Waals surface area contributed by atoms with Crippen molar-refractivity contribution in [3.8, 4) is 0 Å². The number of aliphatic hydroxyl groups excluding tert-OH is 1. The van der Waals surface area contributed by atoms with Crippen LogP contribution in [0.5, 0.6) is 0 Å². The fourth-order valence-electron chi connectivity index (χ4n) is 3.10. The molecule has 0 aliphatic carbocycles. The van der Waals surface area contributed by atoms with Crippen LogP contribution in [0, 0.1) is 0 Å². The maximum Gasteiger partial charge on any atom is 0.134 e. The summed E-state index contributed by atoms with van der Waals surface area (Å²) in [6.07, 6.45) is 4.68. The van der Waals surface area contributed by atoms with Gasteiger partial charge in [-0.1, -0.05) is 0 Å². The van der Waals surface area contributed by atoms with E-state index in [0.717, 1.165) is 24.7 Å². The lowest BCUT2D eigenvalue weighted by molar-refractivity contribution is 0.255. The highest BCUT2D eigenvalue weighted by molar-refractivity contribution is 5.51. The summed E-state index contributed by atoms with van der Waals surface area (Å²) >= 11 is 0. The van der Waals surface area contributed by atoms with Crippen molar-refractivity contribution in [2.24, 2.45) is 0 Å². The number of hydrogen-bond donors (Lipinski definition) is 1. The molecule has 2 aliphatic rings. The average Bonchev–Trinajstić information content (AvgIpc) is 2.89. The van der Waals surface area contributed by atoms with Crippen LogP contribution in [-0.4, -0.2) is 53.5 Å². The van der Waals surface area contributed by atoms with Crippen molar-refractivity contribution >= 4 is 11.6 Å². The molecule has 5 nitrogen and oxygen atoms in total. The van der Waals surface area contributed by atoms with Crippen molar-refractivity contribution < 1.29 is 9.50 Å². The van der Waals surface area contributed by atoms with E-state index in [1.807, 2.05) is 11.0 Å². The Labute approximate surface area is 118 Å². The Kier molecular flexibility index (Phi) is 4.00. The van der Waals surface area contributed by atoms with Gasteiger partial charge in [0.2, 0.25) is 0 Å². The van der Waals surface area contributed by atoms with Crippen molar-refractivity contribution in [1.82, 2.24) is 9.97 Å². The number of aromatic nitrogens is 2. The normalized spacial score (nSPS) is 27.1. The highest BCUT2D eigenvalue weighted by Crippen LogP contribution is 2.28. The van der Waals surface area contributed by atoms with Gasteiger partial charge in [0.25, 0.3) is 0 Å². The molecule has 2 aliphatic heterocycles. The molecule has 6 heteroatoms. The molecule has 2 saturated heterocycles. The van der Waals surface area contributed by atoms with E-state index in [0.29, 0.717) is 13.0 Å². The molecule has 0 unspecified atom stereocenters. The van der Waals surface area contributed by atoms with Gasteiger partial charge in [-0.15, -0.1) is 0 Å². The number of anilines is 2. The number of piperidine rings is 1. The smallest absolute Gasteiger partial charge is 0.134 e. The van der Waals surface area contributed by atoms with E-state index in [9.17, 15) is 9.50 Å².